The van der Waals surface area contributed by atoms with Crippen molar-refractivity contribution in [2.45, 2.75) is 32.7 Å². The van der Waals surface area contributed by atoms with E-state index in [0.717, 1.165) is 18.8 Å². The highest BCUT2D eigenvalue weighted by Crippen LogP contribution is 2.26. The molecule has 0 bridgehead atoms. The van der Waals surface area contributed by atoms with E-state index in [4.69, 9.17) is 0 Å². The number of fused-ring (bicyclic) bond motifs is 1. The Bertz CT molecular complexity index is 752. The van der Waals surface area contributed by atoms with Crippen LogP contribution in [0.25, 0.3) is 0 Å². The Labute approximate surface area is 144 Å². The van der Waals surface area contributed by atoms with Crippen LogP contribution >= 0.6 is 0 Å². The summed E-state index contributed by atoms with van der Waals surface area (Å²) >= 11 is 0. The first-order valence-corrected chi connectivity index (χ1v) is 8.50. The van der Waals surface area contributed by atoms with Gasteiger partial charge >= 0.3 is 0 Å². The number of amides is 1. The summed E-state index contributed by atoms with van der Waals surface area (Å²) in [6.45, 7) is 5.84. The summed E-state index contributed by atoms with van der Waals surface area (Å²) in [6, 6.07) is 10.4. The van der Waals surface area contributed by atoms with Gasteiger partial charge in [-0.2, -0.15) is 0 Å². The fourth-order valence-corrected chi connectivity index (χ4v) is 3.20. The Kier molecular flexibility index (Phi) is 4.56. The lowest BCUT2D eigenvalue weighted by atomic mass is 9.93. The molecule has 1 aromatic heterocycles. The molecule has 126 valence electrons. The normalized spacial score (nSPS) is 13.8. The topological polar surface area (TPSA) is 36.4 Å². The Morgan fingerprint density at radius 3 is 2.71 bits per heavy atom. The Hall–Kier alpha value is -2.36. The lowest BCUT2D eigenvalue weighted by Crippen LogP contribution is -2.36. The molecule has 0 spiro atoms. The minimum Gasteiger partial charge on any atom is -0.362 e. The predicted molar refractivity (Wildman–Crippen MR) is 97.5 cm³/mol. The third-order valence-electron chi connectivity index (χ3n) is 4.64. The van der Waals surface area contributed by atoms with Crippen LogP contribution in [0.15, 0.2) is 36.5 Å². The van der Waals surface area contributed by atoms with Crippen molar-refractivity contribution in [2.75, 3.05) is 25.5 Å². The van der Waals surface area contributed by atoms with Crippen molar-refractivity contribution in [3.63, 3.8) is 0 Å². The van der Waals surface area contributed by atoms with E-state index in [-0.39, 0.29) is 5.91 Å². The quantitative estimate of drug-likeness (QED) is 0.868. The second-order valence-electron chi connectivity index (χ2n) is 6.93. The summed E-state index contributed by atoms with van der Waals surface area (Å²) in [6.07, 6.45) is 2.64. The molecule has 1 amide bonds. The first-order chi connectivity index (χ1) is 11.5. The van der Waals surface area contributed by atoms with E-state index < -0.39 is 0 Å². The van der Waals surface area contributed by atoms with Crippen LogP contribution in [0.1, 0.15) is 46.8 Å². The van der Waals surface area contributed by atoms with Crippen LogP contribution in [0, 0.1) is 0 Å². The third kappa shape index (κ3) is 3.14. The zero-order chi connectivity index (χ0) is 17.3. The predicted octanol–water partition coefficient (Wildman–Crippen LogP) is 3.47. The van der Waals surface area contributed by atoms with Gasteiger partial charge in [0.05, 0.1) is 5.56 Å². The monoisotopic (exact) mass is 323 g/mol. The lowest BCUT2D eigenvalue weighted by molar-refractivity contribution is 0.0735. The van der Waals surface area contributed by atoms with Crippen LogP contribution in [-0.2, 0) is 13.0 Å². The smallest absolute Gasteiger partial charge is 0.257 e. The average Bonchev–Trinajstić information content (AvgIpc) is 2.60. The van der Waals surface area contributed by atoms with Crippen molar-refractivity contribution >= 4 is 11.7 Å². The summed E-state index contributed by atoms with van der Waals surface area (Å²) in [4.78, 5) is 21.2. The number of carbonyl (C=O) groups is 1. The second kappa shape index (κ2) is 6.63. The van der Waals surface area contributed by atoms with E-state index in [0.29, 0.717) is 18.0 Å². The molecule has 24 heavy (non-hydrogen) atoms. The molecule has 0 fully saturated rings. The fraction of sp³-hybridized carbons (Fsp3) is 0.400. The highest BCUT2D eigenvalue weighted by molar-refractivity contribution is 5.99. The van der Waals surface area contributed by atoms with Gasteiger partial charge in [-0.05, 0) is 41.2 Å². The standard InChI is InChI=1S/C20H25N3O/c1-14(2)16-8-7-15-9-11-23(13-17(15)12-16)20(24)18-6-5-10-21-19(18)22(3)4/h5-8,10,12,14H,9,11,13H2,1-4H3. The minimum atomic E-state index is 0.0624. The van der Waals surface area contributed by atoms with Gasteiger partial charge in [-0.1, -0.05) is 32.0 Å². The van der Waals surface area contributed by atoms with Crippen LogP contribution in [0.5, 0.6) is 0 Å². The molecule has 1 aromatic carbocycles. The van der Waals surface area contributed by atoms with Gasteiger partial charge < -0.3 is 9.80 Å². The zero-order valence-corrected chi connectivity index (χ0v) is 14.9. The minimum absolute atomic E-state index is 0.0624. The summed E-state index contributed by atoms with van der Waals surface area (Å²) < 4.78 is 0. The van der Waals surface area contributed by atoms with Gasteiger partial charge in [-0.25, -0.2) is 4.98 Å². The summed E-state index contributed by atoms with van der Waals surface area (Å²) in [5, 5.41) is 0. The van der Waals surface area contributed by atoms with E-state index >= 15 is 0 Å². The van der Waals surface area contributed by atoms with Crippen LogP contribution in [-0.4, -0.2) is 36.4 Å². The van der Waals surface area contributed by atoms with Crippen molar-refractivity contribution in [2.24, 2.45) is 0 Å². The number of nitrogens with zero attached hydrogens (tertiary/aromatic N) is 3. The number of rotatable bonds is 3. The molecule has 3 rings (SSSR count). The van der Waals surface area contributed by atoms with Gasteiger partial charge in [0.2, 0.25) is 0 Å². The number of carbonyl (C=O) groups excluding carboxylic acids is 1. The maximum atomic E-state index is 13.0. The van der Waals surface area contributed by atoms with Crippen LogP contribution in [0.4, 0.5) is 5.82 Å². The Morgan fingerprint density at radius 1 is 1.21 bits per heavy atom. The molecule has 0 saturated heterocycles. The number of pyridine rings is 1. The van der Waals surface area contributed by atoms with Crippen molar-refractivity contribution in [3.8, 4) is 0 Å². The molecule has 1 aliphatic heterocycles. The van der Waals surface area contributed by atoms with E-state index in [1.54, 1.807) is 6.20 Å². The maximum absolute atomic E-state index is 13.0. The van der Waals surface area contributed by atoms with Crippen LogP contribution < -0.4 is 4.90 Å². The second-order valence-corrected chi connectivity index (χ2v) is 6.93. The Morgan fingerprint density at radius 2 is 2.00 bits per heavy atom. The van der Waals surface area contributed by atoms with Gasteiger partial charge in [-0.15, -0.1) is 0 Å². The third-order valence-corrected chi connectivity index (χ3v) is 4.64. The van der Waals surface area contributed by atoms with Crippen molar-refractivity contribution < 1.29 is 4.79 Å². The van der Waals surface area contributed by atoms with Gasteiger partial charge in [0.15, 0.2) is 0 Å². The van der Waals surface area contributed by atoms with E-state index in [1.807, 2.05) is 36.0 Å². The molecule has 0 N–H and O–H groups in total. The molecule has 0 unspecified atom stereocenters. The molecule has 1 aliphatic rings. The largest absolute Gasteiger partial charge is 0.362 e. The molecule has 2 aromatic rings. The molecule has 4 heteroatoms. The number of anilines is 1. The molecule has 2 heterocycles. The zero-order valence-electron chi connectivity index (χ0n) is 14.9. The molecular weight excluding hydrogens is 298 g/mol. The first-order valence-electron chi connectivity index (χ1n) is 8.50. The number of benzene rings is 1. The maximum Gasteiger partial charge on any atom is 0.257 e. The first kappa shape index (κ1) is 16.5. The molecular formula is C20H25N3O. The van der Waals surface area contributed by atoms with E-state index in [9.17, 15) is 4.79 Å². The van der Waals surface area contributed by atoms with Gasteiger partial charge in [0.25, 0.3) is 5.91 Å². The molecule has 0 atom stereocenters. The fourth-order valence-electron chi connectivity index (χ4n) is 3.20. The van der Waals surface area contributed by atoms with Gasteiger partial charge in [-0.3, -0.25) is 4.79 Å². The van der Waals surface area contributed by atoms with Crippen molar-refractivity contribution in [1.29, 1.82) is 0 Å². The summed E-state index contributed by atoms with van der Waals surface area (Å²) in [7, 11) is 3.83. The number of hydrogen-bond donors (Lipinski definition) is 0. The van der Waals surface area contributed by atoms with Crippen LogP contribution in [0.3, 0.4) is 0 Å². The Balaban J connectivity index is 1.87. The SMILES string of the molecule is CC(C)c1ccc2c(c1)CN(C(=O)c1cccnc1N(C)C)CC2. The highest BCUT2D eigenvalue weighted by atomic mass is 16.2. The van der Waals surface area contributed by atoms with Gasteiger partial charge in [0.1, 0.15) is 5.82 Å². The average molecular weight is 323 g/mol. The van der Waals surface area contributed by atoms with Crippen molar-refractivity contribution in [3.05, 3.63) is 58.8 Å². The molecule has 0 aliphatic carbocycles. The van der Waals surface area contributed by atoms with Crippen molar-refractivity contribution in [1.82, 2.24) is 9.88 Å². The number of hydrogen-bond acceptors (Lipinski definition) is 3. The molecule has 0 saturated carbocycles. The highest BCUT2D eigenvalue weighted by Gasteiger charge is 2.24. The van der Waals surface area contributed by atoms with Gasteiger partial charge in [0, 0.05) is 33.4 Å². The van der Waals surface area contributed by atoms with E-state index in [1.165, 1.54) is 16.7 Å². The lowest BCUT2D eigenvalue weighted by Gasteiger charge is -2.30. The molecule has 4 nitrogen and oxygen atoms in total. The summed E-state index contributed by atoms with van der Waals surface area (Å²) in [5.74, 6) is 1.29. The summed E-state index contributed by atoms with van der Waals surface area (Å²) in [5.41, 5.74) is 4.64. The molecule has 0 radical (unpaired) electrons. The number of aromatic nitrogens is 1. The van der Waals surface area contributed by atoms with Crippen LogP contribution in [0.2, 0.25) is 0 Å². The van der Waals surface area contributed by atoms with E-state index in [2.05, 4.69) is 37.0 Å².